The lowest BCUT2D eigenvalue weighted by Gasteiger charge is -2.26. The molecular weight excluding hydrogens is 262 g/mol. The van der Waals surface area contributed by atoms with Gasteiger partial charge in [0, 0.05) is 37.3 Å². The lowest BCUT2D eigenvalue weighted by Crippen LogP contribution is -2.37. The lowest BCUT2D eigenvalue weighted by atomic mass is 10.2. The molecule has 1 N–H and O–H groups in total. The monoisotopic (exact) mass is 291 g/mol. The van der Waals surface area contributed by atoms with Gasteiger partial charge in [0.05, 0.1) is 12.8 Å². The van der Waals surface area contributed by atoms with E-state index in [1.165, 1.54) is 37.9 Å². The van der Waals surface area contributed by atoms with Crippen LogP contribution in [0.25, 0.3) is 0 Å². The maximum Gasteiger partial charge on any atom is 0.122 e. The van der Waals surface area contributed by atoms with Crippen LogP contribution in [-0.4, -0.2) is 48.1 Å². The van der Waals surface area contributed by atoms with E-state index in [0.717, 1.165) is 44.0 Å². The summed E-state index contributed by atoms with van der Waals surface area (Å²) < 4.78 is 5.73. The highest BCUT2D eigenvalue weighted by atomic mass is 16.3. The third-order valence-corrected chi connectivity index (χ3v) is 4.94. The zero-order valence-electron chi connectivity index (χ0n) is 13.5. The van der Waals surface area contributed by atoms with Crippen LogP contribution in [0.4, 0.5) is 0 Å². The molecule has 118 valence electrons. The maximum atomic E-state index is 5.73. The minimum absolute atomic E-state index is 0.725. The van der Waals surface area contributed by atoms with Crippen LogP contribution in [-0.2, 0) is 13.1 Å². The summed E-state index contributed by atoms with van der Waals surface area (Å²) >= 11 is 0. The van der Waals surface area contributed by atoms with Crippen LogP contribution < -0.4 is 5.32 Å². The van der Waals surface area contributed by atoms with E-state index in [1.807, 2.05) is 6.26 Å². The van der Waals surface area contributed by atoms with Crippen LogP contribution in [0, 0.1) is 0 Å². The molecule has 4 nitrogen and oxygen atoms in total. The molecule has 0 spiro atoms. The minimum atomic E-state index is 0.725. The van der Waals surface area contributed by atoms with Crippen molar-refractivity contribution in [2.24, 2.45) is 0 Å². The van der Waals surface area contributed by atoms with Gasteiger partial charge in [0.25, 0.3) is 0 Å². The van der Waals surface area contributed by atoms with E-state index in [2.05, 4.69) is 35.0 Å². The second-order valence-electron chi connectivity index (χ2n) is 6.42. The Hall–Kier alpha value is -0.840. The molecule has 1 aliphatic heterocycles. The third-order valence-electron chi connectivity index (χ3n) is 4.94. The van der Waals surface area contributed by atoms with Gasteiger partial charge in [0.15, 0.2) is 0 Å². The van der Waals surface area contributed by atoms with E-state index in [0.29, 0.717) is 0 Å². The number of nitrogens with zero attached hydrogens (tertiary/aromatic N) is 2. The molecule has 2 fully saturated rings. The van der Waals surface area contributed by atoms with Crippen molar-refractivity contribution in [3.63, 3.8) is 0 Å². The van der Waals surface area contributed by atoms with Crippen LogP contribution in [0.2, 0.25) is 0 Å². The van der Waals surface area contributed by atoms with E-state index in [4.69, 9.17) is 4.42 Å². The molecule has 0 bridgehead atoms. The standard InChI is InChI=1S/C17H29N3O/c1-3-20(4-2)16-7-9-19(12-16)13-17-14(8-10-21-17)11-18-15-5-6-15/h8,10,15-16,18H,3-7,9,11-13H2,1-2H3. The van der Waals surface area contributed by atoms with Gasteiger partial charge in [-0.15, -0.1) is 0 Å². The molecule has 1 aliphatic carbocycles. The molecule has 2 heterocycles. The number of nitrogens with one attached hydrogen (secondary N) is 1. The molecule has 3 rings (SSSR count). The fraction of sp³-hybridized carbons (Fsp3) is 0.765. The average molecular weight is 291 g/mol. The average Bonchev–Trinajstić information content (AvgIpc) is 3.04. The molecule has 1 saturated heterocycles. The minimum Gasteiger partial charge on any atom is -0.468 e. The Bertz CT molecular complexity index is 437. The van der Waals surface area contributed by atoms with Gasteiger partial charge in [-0.05, 0) is 38.4 Å². The summed E-state index contributed by atoms with van der Waals surface area (Å²) in [4.78, 5) is 5.13. The van der Waals surface area contributed by atoms with Crippen molar-refractivity contribution < 1.29 is 4.42 Å². The van der Waals surface area contributed by atoms with Gasteiger partial charge >= 0.3 is 0 Å². The largest absolute Gasteiger partial charge is 0.468 e. The Balaban J connectivity index is 1.51. The number of hydrogen-bond donors (Lipinski definition) is 1. The molecule has 1 aromatic rings. The van der Waals surface area contributed by atoms with Gasteiger partial charge in [-0.3, -0.25) is 9.80 Å². The predicted molar refractivity (Wildman–Crippen MR) is 85.2 cm³/mol. The summed E-state index contributed by atoms with van der Waals surface area (Å²) in [5.41, 5.74) is 1.34. The van der Waals surface area contributed by atoms with Crippen molar-refractivity contribution in [3.05, 3.63) is 23.7 Å². The summed E-state index contributed by atoms with van der Waals surface area (Å²) in [7, 11) is 0. The molecule has 2 aliphatic rings. The van der Waals surface area contributed by atoms with Gasteiger partial charge in [0.2, 0.25) is 0 Å². The predicted octanol–water partition coefficient (Wildman–Crippen LogP) is 2.45. The van der Waals surface area contributed by atoms with E-state index in [1.54, 1.807) is 0 Å². The molecule has 0 radical (unpaired) electrons. The van der Waals surface area contributed by atoms with Crippen LogP contribution in [0.3, 0.4) is 0 Å². The van der Waals surface area contributed by atoms with Crippen LogP contribution in [0.5, 0.6) is 0 Å². The topological polar surface area (TPSA) is 31.6 Å². The van der Waals surface area contributed by atoms with Crippen molar-refractivity contribution in [1.82, 2.24) is 15.1 Å². The Morgan fingerprint density at radius 1 is 1.29 bits per heavy atom. The van der Waals surface area contributed by atoms with Crippen LogP contribution >= 0.6 is 0 Å². The van der Waals surface area contributed by atoms with Crippen LogP contribution in [0.15, 0.2) is 16.7 Å². The molecule has 1 unspecified atom stereocenters. The SMILES string of the molecule is CCN(CC)C1CCN(Cc2occc2CNC2CC2)C1. The number of furan rings is 1. The molecular formula is C17H29N3O. The van der Waals surface area contributed by atoms with Gasteiger partial charge < -0.3 is 9.73 Å². The first-order valence-corrected chi connectivity index (χ1v) is 8.55. The highest BCUT2D eigenvalue weighted by molar-refractivity contribution is 5.17. The van der Waals surface area contributed by atoms with E-state index >= 15 is 0 Å². The number of likely N-dealkylation sites (N-methyl/N-ethyl adjacent to an activating group) is 1. The maximum absolute atomic E-state index is 5.73. The smallest absolute Gasteiger partial charge is 0.122 e. The first-order chi connectivity index (χ1) is 10.3. The Labute approximate surface area is 128 Å². The summed E-state index contributed by atoms with van der Waals surface area (Å²) in [6, 6.07) is 3.61. The summed E-state index contributed by atoms with van der Waals surface area (Å²) in [6.07, 6.45) is 5.81. The molecule has 0 amide bonds. The van der Waals surface area contributed by atoms with Crippen molar-refractivity contribution in [3.8, 4) is 0 Å². The summed E-state index contributed by atoms with van der Waals surface area (Å²) in [5.74, 6) is 1.16. The lowest BCUT2D eigenvalue weighted by molar-refractivity contribution is 0.204. The molecule has 1 saturated carbocycles. The van der Waals surface area contributed by atoms with Crippen molar-refractivity contribution in [2.45, 2.75) is 58.3 Å². The normalized spacial score (nSPS) is 23.3. The fourth-order valence-corrected chi connectivity index (χ4v) is 3.40. The first-order valence-electron chi connectivity index (χ1n) is 8.55. The van der Waals surface area contributed by atoms with Gasteiger partial charge in [0.1, 0.15) is 5.76 Å². The Morgan fingerprint density at radius 3 is 2.81 bits per heavy atom. The second-order valence-corrected chi connectivity index (χ2v) is 6.42. The molecule has 0 aromatic carbocycles. The van der Waals surface area contributed by atoms with Crippen molar-refractivity contribution >= 4 is 0 Å². The molecule has 1 aromatic heterocycles. The summed E-state index contributed by atoms with van der Waals surface area (Å²) in [5, 5.41) is 3.58. The highest BCUT2D eigenvalue weighted by Gasteiger charge is 2.27. The third kappa shape index (κ3) is 3.87. The zero-order valence-corrected chi connectivity index (χ0v) is 13.5. The molecule has 1 atom stereocenters. The Morgan fingerprint density at radius 2 is 2.10 bits per heavy atom. The van der Waals surface area contributed by atoms with Gasteiger partial charge in [-0.1, -0.05) is 13.8 Å². The van der Waals surface area contributed by atoms with Gasteiger partial charge in [-0.2, -0.15) is 0 Å². The quantitative estimate of drug-likeness (QED) is 0.797. The number of rotatable bonds is 8. The first kappa shape index (κ1) is 15.1. The van der Waals surface area contributed by atoms with E-state index in [9.17, 15) is 0 Å². The molecule has 4 heteroatoms. The molecule has 21 heavy (non-hydrogen) atoms. The van der Waals surface area contributed by atoms with E-state index in [-0.39, 0.29) is 0 Å². The number of hydrogen-bond acceptors (Lipinski definition) is 4. The van der Waals surface area contributed by atoms with Crippen LogP contribution in [0.1, 0.15) is 44.4 Å². The number of likely N-dealkylation sites (tertiary alicyclic amines) is 1. The van der Waals surface area contributed by atoms with E-state index < -0.39 is 0 Å². The summed E-state index contributed by atoms with van der Waals surface area (Å²) in [6.45, 7) is 11.1. The zero-order chi connectivity index (χ0) is 14.7. The second kappa shape index (κ2) is 6.95. The van der Waals surface area contributed by atoms with Gasteiger partial charge in [-0.25, -0.2) is 0 Å². The van der Waals surface area contributed by atoms with Crippen molar-refractivity contribution in [1.29, 1.82) is 0 Å². The van der Waals surface area contributed by atoms with Crippen molar-refractivity contribution in [2.75, 3.05) is 26.2 Å². The fourth-order valence-electron chi connectivity index (χ4n) is 3.40. The highest BCUT2D eigenvalue weighted by Crippen LogP contribution is 2.22. The Kier molecular flexibility index (Phi) is 4.99.